The number of nitrogen functional groups attached to an aromatic ring is 1. The summed E-state index contributed by atoms with van der Waals surface area (Å²) in [6.45, 7) is -0.113. The van der Waals surface area contributed by atoms with E-state index in [2.05, 4.69) is 4.98 Å². The van der Waals surface area contributed by atoms with Crippen LogP contribution >= 0.6 is 0 Å². The number of rotatable bonds is 5. The van der Waals surface area contributed by atoms with Crippen LogP contribution in [0.1, 0.15) is 36.6 Å². The summed E-state index contributed by atoms with van der Waals surface area (Å²) in [7, 11) is 0. The molecule has 0 aliphatic heterocycles. The number of ether oxygens (including phenoxy) is 1. The summed E-state index contributed by atoms with van der Waals surface area (Å²) in [4.78, 5) is 9.10. The van der Waals surface area contributed by atoms with Crippen molar-refractivity contribution in [2.45, 2.75) is 31.8 Å². The summed E-state index contributed by atoms with van der Waals surface area (Å²) >= 11 is 0. The van der Waals surface area contributed by atoms with E-state index in [0.29, 0.717) is 23.2 Å². The summed E-state index contributed by atoms with van der Waals surface area (Å²) in [6, 6.07) is 9.05. The van der Waals surface area contributed by atoms with Gasteiger partial charge in [-0.3, -0.25) is 4.40 Å². The first-order valence-electron chi connectivity index (χ1n) is 10.0. The summed E-state index contributed by atoms with van der Waals surface area (Å²) in [5.74, 6) is -1.76. The van der Waals surface area contributed by atoms with E-state index in [1.165, 1.54) is 6.42 Å². The molecule has 0 amide bonds. The van der Waals surface area contributed by atoms with Gasteiger partial charge in [0.2, 0.25) is 0 Å². The fourth-order valence-corrected chi connectivity index (χ4v) is 3.83. The van der Waals surface area contributed by atoms with Gasteiger partial charge in [0.25, 0.3) is 0 Å². The van der Waals surface area contributed by atoms with Crippen LogP contribution in [0.3, 0.4) is 0 Å². The number of imidazole rings is 1. The lowest BCUT2D eigenvalue weighted by atomic mass is 9.85. The number of fused-ring (bicyclic) bond motifs is 1. The topological polar surface area (TPSA) is 65.4 Å². The van der Waals surface area contributed by atoms with Crippen LogP contribution in [-0.2, 0) is 6.61 Å². The highest BCUT2D eigenvalue weighted by molar-refractivity contribution is 5.85. The number of hydrogen-bond acceptors (Lipinski definition) is 4. The predicted molar refractivity (Wildman–Crippen MR) is 110 cm³/mol. The summed E-state index contributed by atoms with van der Waals surface area (Å²) < 4.78 is 47.7. The minimum absolute atomic E-state index is 0.113. The molecule has 4 aromatic rings. The maximum atomic E-state index is 13.4. The quantitative estimate of drug-likeness (QED) is 0.445. The van der Waals surface area contributed by atoms with Gasteiger partial charge in [-0.25, -0.2) is 23.1 Å². The van der Waals surface area contributed by atoms with Crippen molar-refractivity contribution in [3.05, 3.63) is 77.6 Å². The van der Waals surface area contributed by atoms with Gasteiger partial charge in [0, 0.05) is 23.9 Å². The van der Waals surface area contributed by atoms with Crippen LogP contribution < -0.4 is 10.5 Å². The molecule has 5 rings (SSSR count). The zero-order valence-electron chi connectivity index (χ0n) is 16.5. The second kappa shape index (κ2) is 7.61. The van der Waals surface area contributed by atoms with E-state index in [4.69, 9.17) is 15.5 Å². The maximum absolute atomic E-state index is 13.4. The fraction of sp³-hybridized carbons (Fsp3) is 0.217. The number of halogens is 3. The van der Waals surface area contributed by atoms with Crippen LogP contribution in [0.25, 0.3) is 16.8 Å². The summed E-state index contributed by atoms with van der Waals surface area (Å²) in [6.07, 6.45) is 6.90. The van der Waals surface area contributed by atoms with Crippen molar-refractivity contribution in [1.82, 2.24) is 14.4 Å². The van der Waals surface area contributed by atoms with Crippen molar-refractivity contribution in [3.63, 3.8) is 0 Å². The Kier molecular flexibility index (Phi) is 4.77. The molecule has 2 N–H and O–H groups in total. The van der Waals surface area contributed by atoms with Crippen molar-refractivity contribution in [2.24, 2.45) is 0 Å². The molecule has 31 heavy (non-hydrogen) atoms. The van der Waals surface area contributed by atoms with Gasteiger partial charge in [0.05, 0.1) is 0 Å². The van der Waals surface area contributed by atoms with Crippen LogP contribution in [-0.4, -0.2) is 14.4 Å². The molecule has 0 unspecified atom stereocenters. The molecule has 0 radical (unpaired) electrons. The van der Waals surface area contributed by atoms with E-state index in [9.17, 15) is 13.2 Å². The number of anilines is 1. The minimum atomic E-state index is -1.49. The Morgan fingerprint density at radius 3 is 2.58 bits per heavy atom. The third kappa shape index (κ3) is 3.48. The lowest BCUT2D eigenvalue weighted by Gasteiger charge is -2.23. The Morgan fingerprint density at radius 1 is 1.10 bits per heavy atom. The van der Waals surface area contributed by atoms with Crippen molar-refractivity contribution >= 4 is 11.3 Å². The zero-order valence-corrected chi connectivity index (χ0v) is 16.5. The molecule has 2 aromatic heterocycles. The third-order valence-corrected chi connectivity index (χ3v) is 5.64. The summed E-state index contributed by atoms with van der Waals surface area (Å²) in [5, 5.41) is 0. The second-order valence-electron chi connectivity index (χ2n) is 7.67. The van der Waals surface area contributed by atoms with E-state index in [0.717, 1.165) is 41.9 Å². The highest BCUT2D eigenvalue weighted by Crippen LogP contribution is 2.39. The molecule has 0 bridgehead atoms. The Morgan fingerprint density at radius 2 is 1.87 bits per heavy atom. The van der Waals surface area contributed by atoms with E-state index >= 15 is 0 Å². The maximum Gasteiger partial charge on any atom is 0.194 e. The Hall–Kier alpha value is -3.55. The Labute approximate surface area is 176 Å². The van der Waals surface area contributed by atoms with Crippen LogP contribution in [0.4, 0.5) is 19.0 Å². The van der Waals surface area contributed by atoms with E-state index in [-0.39, 0.29) is 12.2 Å². The molecule has 1 aliphatic carbocycles. The normalized spacial score (nSPS) is 14.0. The Balaban J connectivity index is 1.47. The molecule has 1 aliphatic rings. The van der Waals surface area contributed by atoms with Gasteiger partial charge >= 0.3 is 0 Å². The lowest BCUT2D eigenvalue weighted by Crippen LogP contribution is -2.12. The van der Waals surface area contributed by atoms with Gasteiger partial charge in [-0.2, -0.15) is 0 Å². The molecule has 0 saturated heterocycles. The highest BCUT2D eigenvalue weighted by Gasteiger charge is 2.27. The largest absolute Gasteiger partial charge is 0.489 e. The molecule has 0 spiro atoms. The van der Waals surface area contributed by atoms with Crippen LogP contribution in [0.5, 0.6) is 5.75 Å². The smallest absolute Gasteiger partial charge is 0.194 e. The molecule has 5 nitrogen and oxygen atoms in total. The van der Waals surface area contributed by atoms with Crippen LogP contribution in [0.15, 0.2) is 48.8 Å². The zero-order chi connectivity index (χ0) is 21.5. The van der Waals surface area contributed by atoms with Crippen molar-refractivity contribution in [2.75, 3.05) is 5.73 Å². The average molecular weight is 424 g/mol. The van der Waals surface area contributed by atoms with Gasteiger partial charge in [-0.1, -0.05) is 18.6 Å². The molecule has 8 heteroatoms. The van der Waals surface area contributed by atoms with Crippen molar-refractivity contribution in [1.29, 1.82) is 0 Å². The monoisotopic (exact) mass is 424 g/mol. The second-order valence-corrected chi connectivity index (χ2v) is 7.67. The van der Waals surface area contributed by atoms with Crippen LogP contribution in [0.2, 0.25) is 0 Å². The third-order valence-electron chi connectivity index (χ3n) is 5.64. The Bertz CT molecular complexity index is 1260. The lowest BCUT2D eigenvalue weighted by molar-refractivity contribution is 0.303. The minimum Gasteiger partial charge on any atom is -0.489 e. The molecular formula is C23H19F3N4O. The fourth-order valence-electron chi connectivity index (χ4n) is 3.83. The molecule has 0 atom stereocenters. The van der Waals surface area contributed by atoms with Gasteiger partial charge < -0.3 is 10.5 Å². The number of benzene rings is 2. The first-order valence-corrected chi connectivity index (χ1v) is 10.0. The molecule has 1 fully saturated rings. The molecule has 158 valence electrons. The average Bonchev–Trinajstić information content (AvgIpc) is 3.10. The first kappa shape index (κ1) is 19.4. The standard InChI is InChI=1S/C23H19F3N4O/c24-17-9-13(10-18(25)19(17)26)12-31-16-6-2-5-15(11-16)20-21-22(27)28-7-8-30(21)23(29-20)14-3-1-4-14/h2,5-11,14H,1,3-4,12H2,(H2,27,28). The van der Waals surface area contributed by atoms with Gasteiger partial charge in [-0.15, -0.1) is 0 Å². The molecule has 2 aromatic carbocycles. The van der Waals surface area contributed by atoms with Gasteiger partial charge in [0.15, 0.2) is 17.5 Å². The van der Waals surface area contributed by atoms with Crippen LogP contribution in [0, 0.1) is 17.5 Å². The SMILES string of the molecule is Nc1nccn2c(C3CCC3)nc(-c3cccc(OCc4cc(F)c(F)c(F)c4)c3)c12. The number of nitrogens with zero attached hydrogens (tertiary/aromatic N) is 3. The number of aromatic nitrogens is 3. The molecule has 2 heterocycles. The van der Waals surface area contributed by atoms with Crippen molar-refractivity contribution < 1.29 is 17.9 Å². The van der Waals surface area contributed by atoms with Gasteiger partial charge in [0.1, 0.15) is 35.2 Å². The van der Waals surface area contributed by atoms with Crippen molar-refractivity contribution in [3.8, 4) is 17.0 Å². The highest BCUT2D eigenvalue weighted by atomic mass is 19.2. The predicted octanol–water partition coefficient (Wildman–Crippen LogP) is 5.24. The first-order chi connectivity index (χ1) is 15.0. The van der Waals surface area contributed by atoms with E-state index in [1.54, 1.807) is 24.4 Å². The number of nitrogens with two attached hydrogens (primary N) is 1. The van der Waals surface area contributed by atoms with E-state index < -0.39 is 17.5 Å². The molecule has 1 saturated carbocycles. The summed E-state index contributed by atoms with van der Waals surface area (Å²) in [5.41, 5.74) is 8.60. The molecular weight excluding hydrogens is 405 g/mol. The number of hydrogen-bond donors (Lipinski definition) is 1. The van der Waals surface area contributed by atoms with Gasteiger partial charge in [-0.05, 0) is 42.7 Å². The van der Waals surface area contributed by atoms with E-state index in [1.807, 2.05) is 16.7 Å².